The summed E-state index contributed by atoms with van der Waals surface area (Å²) < 4.78 is 12.3. The number of rotatable bonds is 2. The summed E-state index contributed by atoms with van der Waals surface area (Å²) in [4.78, 5) is 13.5. The summed E-state index contributed by atoms with van der Waals surface area (Å²) in [6, 6.07) is 7.68. The van der Waals surface area contributed by atoms with Crippen LogP contribution in [0, 0.1) is 0 Å². The Bertz CT molecular complexity index is 487. The van der Waals surface area contributed by atoms with Crippen molar-refractivity contribution in [3.63, 3.8) is 0 Å². The highest BCUT2D eigenvalue weighted by atomic mass is 79.9. The first-order valence-corrected chi connectivity index (χ1v) is 7.39. The van der Waals surface area contributed by atoms with Gasteiger partial charge >= 0.3 is 6.09 Å². The standard InChI is InChI=1S/C15H20BrNO3/c1-14(2,3)20-13(18)17-9-15(4,10-17)19-12-7-5-11(16)6-8-12/h5-8H,9-10H2,1-4H3. The van der Waals surface area contributed by atoms with Gasteiger partial charge in [-0.1, -0.05) is 15.9 Å². The Morgan fingerprint density at radius 1 is 1.25 bits per heavy atom. The van der Waals surface area contributed by atoms with Crippen LogP contribution in [0.3, 0.4) is 0 Å². The minimum absolute atomic E-state index is 0.283. The summed E-state index contributed by atoms with van der Waals surface area (Å²) in [5.41, 5.74) is -0.805. The van der Waals surface area contributed by atoms with Gasteiger partial charge in [-0.2, -0.15) is 0 Å². The molecule has 4 nitrogen and oxygen atoms in total. The predicted octanol–water partition coefficient (Wildman–Crippen LogP) is 3.84. The van der Waals surface area contributed by atoms with E-state index in [9.17, 15) is 4.79 Å². The minimum Gasteiger partial charge on any atom is -0.484 e. The third kappa shape index (κ3) is 3.88. The van der Waals surface area contributed by atoms with Gasteiger partial charge in [-0.15, -0.1) is 0 Å². The highest BCUT2D eigenvalue weighted by Gasteiger charge is 2.45. The summed E-state index contributed by atoms with van der Waals surface area (Å²) in [6.07, 6.45) is -0.283. The first-order valence-electron chi connectivity index (χ1n) is 6.59. The Kier molecular flexibility index (Phi) is 4.00. The van der Waals surface area contributed by atoms with Crippen LogP contribution >= 0.6 is 15.9 Å². The zero-order valence-electron chi connectivity index (χ0n) is 12.3. The van der Waals surface area contributed by atoms with E-state index in [0.717, 1.165) is 10.2 Å². The zero-order valence-corrected chi connectivity index (χ0v) is 13.9. The maximum Gasteiger partial charge on any atom is 0.410 e. The normalized spacial score (nSPS) is 17.4. The van der Waals surface area contributed by atoms with Crippen molar-refractivity contribution in [2.75, 3.05) is 13.1 Å². The monoisotopic (exact) mass is 341 g/mol. The Labute approximate surface area is 128 Å². The predicted molar refractivity (Wildman–Crippen MR) is 81.0 cm³/mol. The second kappa shape index (κ2) is 5.28. The van der Waals surface area contributed by atoms with E-state index < -0.39 is 5.60 Å². The van der Waals surface area contributed by atoms with E-state index in [4.69, 9.17) is 9.47 Å². The van der Waals surface area contributed by atoms with Crippen LogP contribution in [-0.4, -0.2) is 35.3 Å². The molecule has 20 heavy (non-hydrogen) atoms. The van der Waals surface area contributed by atoms with Crippen LogP contribution in [0.4, 0.5) is 4.79 Å². The lowest BCUT2D eigenvalue weighted by Crippen LogP contribution is -2.65. The number of hydrogen-bond donors (Lipinski definition) is 0. The van der Waals surface area contributed by atoms with Crippen LogP contribution in [0.2, 0.25) is 0 Å². The van der Waals surface area contributed by atoms with Crippen LogP contribution in [0.25, 0.3) is 0 Å². The summed E-state index contributed by atoms with van der Waals surface area (Å²) in [7, 11) is 0. The molecular formula is C15H20BrNO3. The molecule has 0 aromatic heterocycles. The number of amides is 1. The number of carbonyl (C=O) groups is 1. The summed E-state index contributed by atoms with van der Waals surface area (Å²) in [5.74, 6) is 0.805. The molecule has 1 fully saturated rings. The lowest BCUT2D eigenvalue weighted by Gasteiger charge is -2.47. The van der Waals surface area contributed by atoms with Crippen molar-refractivity contribution in [2.24, 2.45) is 0 Å². The fraction of sp³-hybridized carbons (Fsp3) is 0.533. The quantitative estimate of drug-likeness (QED) is 0.820. The van der Waals surface area contributed by atoms with E-state index in [-0.39, 0.29) is 11.7 Å². The third-order valence-electron chi connectivity index (χ3n) is 2.88. The molecule has 1 aliphatic heterocycles. The molecule has 1 aliphatic rings. The molecule has 0 aliphatic carbocycles. The van der Waals surface area contributed by atoms with Crippen molar-refractivity contribution in [1.82, 2.24) is 4.90 Å². The van der Waals surface area contributed by atoms with E-state index in [1.807, 2.05) is 52.0 Å². The van der Waals surface area contributed by atoms with Gasteiger partial charge in [0, 0.05) is 4.47 Å². The lowest BCUT2D eigenvalue weighted by atomic mass is 9.97. The van der Waals surface area contributed by atoms with Crippen molar-refractivity contribution in [1.29, 1.82) is 0 Å². The zero-order chi connectivity index (χ0) is 15.0. The number of hydrogen-bond acceptors (Lipinski definition) is 3. The molecule has 1 saturated heterocycles. The number of ether oxygens (including phenoxy) is 2. The Morgan fingerprint density at radius 2 is 1.80 bits per heavy atom. The lowest BCUT2D eigenvalue weighted by molar-refractivity contribution is -0.0711. The molecule has 110 valence electrons. The molecule has 0 radical (unpaired) electrons. The van der Waals surface area contributed by atoms with Crippen LogP contribution in [-0.2, 0) is 4.74 Å². The molecule has 0 N–H and O–H groups in total. The van der Waals surface area contributed by atoms with Crippen molar-refractivity contribution in [3.05, 3.63) is 28.7 Å². The van der Waals surface area contributed by atoms with Crippen molar-refractivity contribution in [3.8, 4) is 5.75 Å². The van der Waals surface area contributed by atoms with E-state index in [1.54, 1.807) is 4.90 Å². The van der Waals surface area contributed by atoms with Gasteiger partial charge in [0.05, 0.1) is 13.1 Å². The van der Waals surface area contributed by atoms with Gasteiger partial charge in [-0.3, -0.25) is 0 Å². The molecule has 0 atom stereocenters. The SMILES string of the molecule is CC(C)(C)OC(=O)N1CC(C)(Oc2ccc(Br)cc2)C1. The first kappa shape index (κ1) is 15.2. The average Bonchev–Trinajstić information content (AvgIpc) is 2.26. The smallest absolute Gasteiger partial charge is 0.410 e. The number of carbonyl (C=O) groups excluding carboxylic acids is 1. The van der Waals surface area contributed by atoms with Gasteiger partial charge in [0.25, 0.3) is 0 Å². The maximum absolute atomic E-state index is 11.9. The molecule has 0 bridgehead atoms. The van der Waals surface area contributed by atoms with E-state index >= 15 is 0 Å². The fourth-order valence-corrected chi connectivity index (χ4v) is 2.33. The average molecular weight is 342 g/mol. The number of benzene rings is 1. The topological polar surface area (TPSA) is 38.8 Å². The molecule has 1 aromatic carbocycles. The molecule has 1 amide bonds. The van der Waals surface area contributed by atoms with Crippen LogP contribution in [0.5, 0.6) is 5.75 Å². The van der Waals surface area contributed by atoms with Gasteiger partial charge < -0.3 is 14.4 Å². The molecule has 0 spiro atoms. The molecule has 2 rings (SSSR count). The van der Waals surface area contributed by atoms with Crippen LogP contribution in [0.1, 0.15) is 27.7 Å². The molecular weight excluding hydrogens is 322 g/mol. The van der Waals surface area contributed by atoms with E-state index in [2.05, 4.69) is 15.9 Å². The molecule has 0 saturated carbocycles. The Balaban J connectivity index is 1.87. The summed E-state index contributed by atoms with van der Waals surface area (Å²) >= 11 is 3.39. The molecule has 1 aromatic rings. The van der Waals surface area contributed by atoms with Gasteiger partial charge in [0.2, 0.25) is 0 Å². The second-order valence-electron chi connectivity index (χ2n) is 6.34. The van der Waals surface area contributed by atoms with E-state index in [0.29, 0.717) is 13.1 Å². The van der Waals surface area contributed by atoms with Crippen molar-refractivity contribution >= 4 is 22.0 Å². The number of nitrogens with zero attached hydrogens (tertiary/aromatic N) is 1. The third-order valence-corrected chi connectivity index (χ3v) is 3.41. The van der Waals surface area contributed by atoms with Crippen LogP contribution < -0.4 is 4.74 Å². The summed E-state index contributed by atoms with van der Waals surface area (Å²) in [5, 5.41) is 0. The largest absolute Gasteiger partial charge is 0.484 e. The highest BCUT2D eigenvalue weighted by molar-refractivity contribution is 9.10. The first-order chi connectivity index (χ1) is 9.17. The Hall–Kier alpha value is -1.23. The molecule has 1 heterocycles. The maximum atomic E-state index is 11.9. The van der Waals surface area contributed by atoms with Crippen LogP contribution in [0.15, 0.2) is 28.7 Å². The number of halogens is 1. The second-order valence-corrected chi connectivity index (χ2v) is 7.26. The molecule has 5 heteroatoms. The molecule has 0 unspecified atom stereocenters. The highest BCUT2D eigenvalue weighted by Crippen LogP contribution is 2.29. The van der Waals surface area contributed by atoms with E-state index in [1.165, 1.54) is 0 Å². The fourth-order valence-electron chi connectivity index (χ4n) is 2.07. The van der Waals surface area contributed by atoms with Crippen molar-refractivity contribution in [2.45, 2.75) is 38.9 Å². The minimum atomic E-state index is -0.463. The Morgan fingerprint density at radius 3 is 2.30 bits per heavy atom. The van der Waals surface area contributed by atoms with Crippen molar-refractivity contribution < 1.29 is 14.3 Å². The van der Waals surface area contributed by atoms with Gasteiger partial charge in [0.15, 0.2) is 0 Å². The van der Waals surface area contributed by atoms with Gasteiger partial charge in [-0.25, -0.2) is 4.79 Å². The summed E-state index contributed by atoms with van der Waals surface area (Å²) in [6.45, 7) is 8.67. The van der Waals surface area contributed by atoms with Gasteiger partial charge in [-0.05, 0) is 52.0 Å². The number of likely N-dealkylation sites (tertiary alicyclic amines) is 1. The van der Waals surface area contributed by atoms with Gasteiger partial charge in [0.1, 0.15) is 17.0 Å².